The van der Waals surface area contributed by atoms with Gasteiger partial charge in [-0.15, -0.1) is 6.58 Å². The van der Waals surface area contributed by atoms with Gasteiger partial charge in [0, 0.05) is 5.92 Å². The summed E-state index contributed by atoms with van der Waals surface area (Å²) in [7, 11) is 0. The van der Waals surface area contributed by atoms with E-state index >= 15 is 0 Å². The first-order chi connectivity index (χ1) is 6.49. The first-order valence-electron chi connectivity index (χ1n) is 5.00. The molecule has 3 nitrogen and oxygen atoms in total. The molecule has 5 atom stereocenters. The molecular formula is C11H18O3. The molecule has 0 aromatic carbocycles. The van der Waals surface area contributed by atoms with E-state index in [1.807, 2.05) is 19.9 Å². The van der Waals surface area contributed by atoms with Crippen LogP contribution in [-0.4, -0.2) is 23.3 Å². The van der Waals surface area contributed by atoms with Gasteiger partial charge in [-0.3, -0.25) is 4.79 Å². The van der Waals surface area contributed by atoms with Crippen molar-refractivity contribution in [3.8, 4) is 0 Å². The Morgan fingerprint density at radius 2 is 2.14 bits per heavy atom. The molecule has 3 heteroatoms. The van der Waals surface area contributed by atoms with Crippen LogP contribution in [0.15, 0.2) is 12.7 Å². The topological polar surface area (TPSA) is 46.5 Å². The summed E-state index contributed by atoms with van der Waals surface area (Å²) in [6, 6.07) is 0. The molecule has 1 heterocycles. The van der Waals surface area contributed by atoms with Gasteiger partial charge in [0.25, 0.3) is 0 Å². The van der Waals surface area contributed by atoms with E-state index in [1.54, 1.807) is 6.92 Å². The number of cyclic esters (lactones) is 1. The molecule has 0 unspecified atom stereocenters. The fourth-order valence-corrected chi connectivity index (χ4v) is 1.67. The van der Waals surface area contributed by atoms with E-state index in [9.17, 15) is 9.90 Å². The van der Waals surface area contributed by atoms with E-state index in [-0.39, 0.29) is 23.9 Å². The zero-order valence-electron chi connectivity index (χ0n) is 8.93. The highest BCUT2D eigenvalue weighted by molar-refractivity contribution is 5.75. The number of aliphatic hydroxyl groups is 1. The van der Waals surface area contributed by atoms with Crippen molar-refractivity contribution in [1.82, 2.24) is 0 Å². The van der Waals surface area contributed by atoms with Crippen LogP contribution in [0, 0.1) is 17.8 Å². The lowest BCUT2D eigenvalue weighted by atomic mass is 9.86. The van der Waals surface area contributed by atoms with Crippen molar-refractivity contribution >= 4 is 5.97 Å². The summed E-state index contributed by atoms with van der Waals surface area (Å²) in [6.07, 6.45) is 0.749. The van der Waals surface area contributed by atoms with Crippen molar-refractivity contribution in [1.29, 1.82) is 0 Å². The van der Waals surface area contributed by atoms with Gasteiger partial charge in [0.15, 0.2) is 0 Å². The van der Waals surface area contributed by atoms with Gasteiger partial charge in [-0.2, -0.15) is 0 Å². The summed E-state index contributed by atoms with van der Waals surface area (Å²) in [5, 5.41) is 9.76. The van der Waals surface area contributed by atoms with Crippen LogP contribution < -0.4 is 0 Å². The molecule has 0 aliphatic carbocycles. The normalized spacial score (nSPS) is 36.3. The second-order valence-corrected chi connectivity index (χ2v) is 4.13. The van der Waals surface area contributed by atoms with Crippen LogP contribution in [0.5, 0.6) is 0 Å². The highest BCUT2D eigenvalue weighted by Gasteiger charge is 2.44. The van der Waals surface area contributed by atoms with Gasteiger partial charge >= 0.3 is 5.97 Å². The summed E-state index contributed by atoms with van der Waals surface area (Å²) in [6.45, 7) is 9.35. The first kappa shape index (κ1) is 11.2. The van der Waals surface area contributed by atoms with Gasteiger partial charge in [-0.05, 0) is 12.8 Å². The minimum atomic E-state index is -0.681. The molecule has 0 aromatic rings. The number of aliphatic hydroxyl groups excluding tert-OH is 1. The average Bonchev–Trinajstić information content (AvgIpc) is 2.43. The van der Waals surface area contributed by atoms with Crippen LogP contribution in [0.3, 0.4) is 0 Å². The highest BCUT2D eigenvalue weighted by Crippen LogP contribution is 2.30. The molecule has 1 aliphatic rings. The lowest BCUT2D eigenvalue weighted by Gasteiger charge is -2.24. The molecule has 14 heavy (non-hydrogen) atoms. The Bertz CT molecular complexity index is 237. The Balaban J connectivity index is 2.70. The van der Waals surface area contributed by atoms with Crippen LogP contribution in [0.4, 0.5) is 0 Å². The lowest BCUT2D eigenvalue weighted by Crippen LogP contribution is -2.33. The standard InChI is InChI=1S/C11H18O3/c1-5-6(2)7(3)10-9(12)8(4)11(13)14-10/h5-10,12H,1H2,2-4H3/t6-,7+,8+,9+,10-/m1/s1. The van der Waals surface area contributed by atoms with Gasteiger partial charge in [-0.1, -0.05) is 19.9 Å². The zero-order chi connectivity index (χ0) is 10.9. The molecule has 0 amide bonds. The molecule has 0 spiro atoms. The minimum absolute atomic E-state index is 0.108. The second-order valence-electron chi connectivity index (χ2n) is 4.13. The smallest absolute Gasteiger partial charge is 0.311 e. The molecule has 80 valence electrons. The Labute approximate surface area is 84.8 Å². The summed E-state index contributed by atoms with van der Waals surface area (Å²) in [4.78, 5) is 11.2. The van der Waals surface area contributed by atoms with Gasteiger partial charge < -0.3 is 9.84 Å². The third-order valence-corrected chi connectivity index (χ3v) is 3.19. The predicted molar refractivity (Wildman–Crippen MR) is 53.6 cm³/mol. The molecule has 1 saturated heterocycles. The summed E-state index contributed by atoms with van der Waals surface area (Å²) in [5.74, 6) is -0.366. The molecule has 1 aliphatic heterocycles. The molecule has 0 aromatic heterocycles. The fourth-order valence-electron chi connectivity index (χ4n) is 1.67. The number of hydrogen-bond donors (Lipinski definition) is 1. The Kier molecular flexibility index (Phi) is 3.32. The van der Waals surface area contributed by atoms with Crippen LogP contribution in [0.2, 0.25) is 0 Å². The molecule has 0 radical (unpaired) electrons. The van der Waals surface area contributed by atoms with E-state index in [1.165, 1.54) is 0 Å². The molecule has 1 rings (SSSR count). The fraction of sp³-hybridized carbons (Fsp3) is 0.727. The minimum Gasteiger partial charge on any atom is -0.459 e. The van der Waals surface area contributed by atoms with Crippen molar-refractivity contribution < 1.29 is 14.6 Å². The third kappa shape index (κ3) is 1.82. The van der Waals surface area contributed by atoms with Crippen LogP contribution in [0.25, 0.3) is 0 Å². The maximum Gasteiger partial charge on any atom is 0.311 e. The SMILES string of the molecule is C=C[C@@H](C)[C@H](C)[C@H]1OC(=O)[C@@H](C)[C@@H]1O. The largest absolute Gasteiger partial charge is 0.459 e. The van der Waals surface area contributed by atoms with E-state index in [4.69, 9.17) is 4.74 Å². The highest BCUT2D eigenvalue weighted by atomic mass is 16.6. The number of rotatable bonds is 3. The Hall–Kier alpha value is -0.830. The number of ether oxygens (including phenoxy) is 1. The Morgan fingerprint density at radius 1 is 1.57 bits per heavy atom. The van der Waals surface area contributed by atoms with Gasteiger partial charge in [0.1, 0.15) is 12.2 Å². The summed E-state index contributed by atoms with van der Waals surface area (Å²) < 4.78 is 5.13. The summed E-state index contributed by atoms with van der Waals surface area (Å²) in [5.41, 5.74) is 0. The molecule has 0 saturated carbocycles. The van der Waals surface area contributed by atoms with Crippen molar-refractivity contribution in [2.45, 2.75) is 33.0 Å². The number of allylic oxidation sites excluding steroid dienone is 1. The maximum atomic E-state index is 11.2. The number of esters is 1. The lowest BCUT2D eigenvalue weighted by molar-refractivity contribution is -0.146. The number of hydrogen-bond acceptors (Lipinski definition) is 3. The molecule has 1 fully saturated rings. The Morgan fingerprint density at radius 3 is 2.50 bits per heavy atom. The van der Waals surface area contributed by atoms with Crippen molar-refractivity contribution in [2.24, 2.45) is 17.8 Å². The van der Waals surface area contributed by atoms with Crippen LogP contribution in [-0.2, 0) is 9.53 Å². The van der Waals surface area contributed by atoms with Gasteiger partial charge in [0.2, 0.25) is 0 Å². The van der Waals surface area contributed by atoms with E-state index < -0.39 is 12.0 Å². The van der Waals surface area contributed by atoms with Crippen molar-refractivity contribution in [2.75, 3.05) is 0 Å². The molecule has 1 N–H and O–H groups in total. The monoisotopic (exact) mass is 198 g/mol. The second kappa shape index (κ2) is 4.13. The van der Waals surface area contributed by atoms with Crippen molar-refractivity contribution in [3.63, 3.8) is 0 Å². The number of carbonyl (C=O) groups is 1. The van der Waals surface area contributed by atoms with Gasteiger partial charge in [-0.25, -0.2) is 0 Å². The first-order valence-corrected chi connectivity index (χ1v) is 5.00. The quantitative estimate of drug-likeness (QED) is 0.550. The third-order valence-electron chi connectivity index (χ3n) is 3.19. The van der Waals surface area contributed by atoms with Gasteiger partial charge in [0.05, 0.1) is 5.92 Å². The van der Waals surface area contributed by atoms with E-state index in [2.05, 4.69) is 6.58 Å². The van der Waals surface area contributed by atoms with Crippen LogP contribution >= 0.6 is 0 Å². The van der Waals surface area contributed by atoms with Crippen molar-refractivity contribution in [3.05, 3.63) is 12.7 Å². The maximum absolute atomic E-state index is 11.2. The predicted octanol–water partition coefficient (Wildman–Crippen LogP) is 1.37. The van der Waals surface area contributed by atoms with E-state index in [0.717, 1.165) is 0 Å². The summed E-state index contributed by atoms with van der Waals surface area (Å²) >= 11 is 0. The van der Waals surface area contributed by atoms with E-state index in [0.29, 0.717) is 0 Å². The number of carbonyl (C=O) groups excluding carboxylic acids is 1. The average molecular weight is 198 g/mol. The zero-order valence-corrected chi connectivity index (χ0v) is 8.93. The molecule has 0 bridgehead atoms. The molecular weight excluding hydrogens is 180 g/mol. The van der Waals surface area contributed by atoms with Crippen LogP contribution in [0.1, 0.15) is 20.8 Å².